The number of hydrogen-bond acceptors (Lipinski definition) is 6. The number of nitrogens with one attached hydrogen (secondary N) is 1. The van der Waals surface area contributed by atoms with E-state index in [0.717, 1.165) is 9.75 Å². The normalized spacial score (nSPS) is 11.6. The van der Waals surface area contributed by atoms with Crippen LogP contribution >= 0.6 is 22.7 Å². The van der Waals surface area contributed by atoms with Crippen molar-refractivity contribution in [3.63, 3.8) is 0 Å². The summed E-state index contributed by atoms with van der Waals surface area (Å²) >= 11 is 2.63. The zero-order chi connectivity index (χ0) is 12.5. The van der Waals surface area contributed by atoms with Crippen LogP contribution in [0.1, 0.15) is 9.75 Å². The van der Waals surface area contributed by atoms with Crippen molar-refractivity contribution in [2.24, 2.45) is 5.73 Å². The van der Waals surface area contributed by atoms with Gasteiger partial charge in [-0.1, -0.05) is 0 Å². The summed E-state index contributed by atoms with van der Waals surface area (Å²) in [5.74, 6) is 0. The zero-order valence-corrected chi connectivity index (χ0v) is 11.5. The van der Waals surface area contributed by atoms with Crippen molar-refractivity contribution >= 4 is 37.8 Å². The lowest BCUT2D eigenvalue weighted by Crippen LogP contribution is -2.11. The predicted molar refractivity (Wildman–Crippen MR) is 69.9 cm³/mol. The Morgan fingerprint density at radius 1 is 1.53 bits per heavy atom. The molecule has 0 bridgehead atoms. The highest BCUT2D eigenvalue weighted by atomic mass is 32.2. The Bertz CT molecular complexity index is 615. The second kappa shape index (κ2) is 4.73. The molecule has 0 fully saturated rings. The third-order valence-electron chi connectivity index (χ3n) is 1.98. The highest BCUT2D eigenvalue weighted by Crippen LogP contribution is 2.23. The van der Waals surface area contributed by atoms with Gasteiger partial charge in [0.25, 0.3) is 10.0 Å². The third-order valence-corrected chi connectivity index (χ3v) is 5.37. The van der Waals surface area contributed by atoms with E-state index < -0.39 is 10.0 Å². The minimum Gasteiger partial charge on any atom is -0.326 e. The lowest BCUT2D eigenvalue weighted by Gasteiger charge is -2.01. The van der Waals surface area contributed by atoms with Crippen LogP contribution in [0.4, 0.5) is 5.13 Å². The van der Waals surface area contributed by atoms with Crippen molar-refractivity contribution in [2.45, 2.75) is 18.4 Å². The molecule has 2 aromatic heterocycles. The third kappa shape index (κ3) is 2.83. The lowest BCUT2D eigenvalue weighted by atomic mass is 10.5. The number of sulfonamides is 1. The monoisotopic (exact) mass is 289 g/mol. The quantitative estimate of drug-likeness (QED) is 0.898. The maximum atomic E-state index is 12.0. The van der Waals surface area contributed by atoms with Gasteiger partial charge in [-0.05, 0) is 13.0 Å². The molecule has 5 nitrogen and oxygen atoms in total. The van der Waals surface area contributed by atoms with E-state index in [9.17, 15) is 8.42 Å². The van der Waals surface area contributed by atoms with Gasteiger partial charge < -0.3 is 5.73 Å². The molecule has 2 aromatic rings. The number of hydrogen-bond donors (Lipinski definition) is 2. The molecule has 2 rings (SSSR count). The molecule has 3 N–H and O–H groups in total. The largest absolute Gasteiger partial charge is 0.326 e. The Hall–Kier alpha value is -0.960. The van der Waals surface area contributed by atoms with Crippen LogP contribution in [0.5, 0.6) is 0 Å². The molecule has 0 amide bonds. The molecule has 92 valence electrons. The number of thiazole rings is 1. The van der Waals surface area contributed by atoms with E-state index in [4.69, 9.17) is 5.73 Å². The summed E-state index contributed by atoms with van der Waals surface area (Å²) in [6.45, 7) is 2.21. The zero-order valence-electron chi connectivity index (χ0n) is 9.00. The van der Waals surface area contributed by atoms with Gasteiger partial charge in [0.05, 0.1) is 4.90 Å². The van der Waals surface area contributed by atoms with E-state index in [1.54, 1.807) is 17.6 Å². The fourth-order valence-electron chi connectivity index (χ4n) is 1.18. The Morgan fingerprint density at radius 3 is 2.82 bits per heavy atom. The maximum absolute atomic E-state index is 12.0. The fraction of sp³-hybridized carbons (Fsp3) is 0.222. The van der Waals surface area contributed by atoms with Gasteiger partial charge in [-0.2, -0.15) is 0 Å². The van der Waals surface area contributed by atoms with Crippen molar-refractivity contribution in [1.82, 2.24) is 4.98 Å². The van der Waals surface area contributed by atoms with Crippen LogP contribution in [0.25, 0.3) is 0 Å². The van der Waals surface area contributed by atoms with Gasteiger partial charge >= 0.3 is 0 Å². The first-order chi connectivity index (χ1) is 8.01. The van der Waals surface area contributed by atoms with Gasteiger partial charge in [-0.3, -0.25) is 4.72 Å². The molecule has 0 saturated carbocycles. The molecule has 17 heavy (non-hydrogen) atoms. The number of nitrogens with zero attached hydrogens (tertiary/aromatic N) is 1. The minimum absolute atomic E-state index is 0.232. The molecule has 0 aliphatic rings. The second-order valence-electron chi connectivity index (χ2n) is 3.33. The summed E-state index contributed by atoms with van der Waals surface area (Å²) in [6, 6.07) is 1.58. The molecule has 0 unspecified atom stereocenters. The predicted octanol–water partition coefficient (Wildman–Crippen LogP) is 1.77. The Labute approximate surface area is 107 Å². The van der Waals surface area contributed by atoms with Gasteiger partial charge in [0.15, 0.2) is 5.13 Å². The highest BCUT2D eigenvalue weighted by molar-refractivity contribution is 7.93. The van der Waals surface area contributed by atoms with E-state index in [0.29, 0.717) is 11.7 Å². The first kappa shape index (κ1) is 12.5. The van der Waals surface area contributed by atoms with Gasteiger partial charge in [-0.25, -0.2) is 13.4 Å². The summed E-state index contributed by atoms with van der Waals surface area (Å²) in [5, 5.41) is 1.95. The van der Waals surface area contributed by atoms with Gasteiger partial charge in [-0.15, -0.1) is 22.7 Å². The topological polar surface area (TPSA) is 85.1 Å². The van der Waals surface area contributed by atoms with Crippen molar-refractivity contribution in [1.29, 1.82) is 0 Å². The van der Waals surface area contributed by atoms with Crippen LogP contribution in [0.15, 0.2) is 22.5 Å². The van der Waals surface area contributed by atoms with Crippen LogP contribution in [0.3, 0.4) is 0 Å². The standard InChI is InChI=1S/C9H11N3O2S3/c1-6-4-11-9(16-6)12-17(13,14)8-2-7(3-10)15-5-8/h2,4-5H,3,10H2,1H3,(H,11,12). The van der Waals surface area contributed by atoms with E-state index in [1.807, 2.05) is 6.92 Å². The van der Waals surface area contributed by atoms with Crippen LogP contribution in [-0.4, -0.2) is 13.4 Å². The Balaban J connectivity index is 2.24. The lowest BCUT2D eigenvalue weighted by molar-refractivity contribution is 0.601. The minimum atomic E-state index is -3.54. The first-order valence-electron chi connectivity index (χ1n) is 4.74. The highest BCUT2D eigenvalue weighted by Gasteiger charge is 2.17. The SMILES string of the molecule is Cc1cnc(NS(=O)(=O)c2csc(CN)c2)s1. The Kier molecular flexibility index (Phi) is 3.48. The molecule has 2 heterocycles. The summed E-state index contributed by atoms with van der Waals surface area (Å²) < 4.78 is 26.4. The number of anilines is 1. The summed E-state index contributed by atoms with van der Waals surface area (Å²) in [6.07, 6.45) is 1.63. The van der Waals surface area contributed by atoms with Crippen molar-refractivity contribution in [3.8, 4) is 0 Å². The first-order valence-corrected chi connectivity index (χ1v) is 7.92. The molecular weight excluding hydrogens is 278 g/mol. The van der Waals surface area contributed by atoms with Crippen molar-refractivity contribution < 1.29 is 8.42 Å². The summed E-state index contributed by atoms with van der Waals surface area (Å²) in [5.41, 5.74) is 5.45. The molecule has 0 atom stereocenters. The smallest absolute Gasteiger partial charge is 0.264 e. The van der Waals surface area contributed by atoms with Crippen LogP contribution in [0, 0.1) is 6.92 Å². The number of aryl methyl sites for hydroxylation is 1. The Morgan fingerprint density at radius 2 is 2.29 bits per heavy atom. The molecule has 0 aliphatic carbocycles. The van der Waals surface area contributed by atoms with E-state index in [-0.39, 0.29) is 4.90 Å². The molecular formula is C9H11N3O2S3. The number of nitrogens with two attached hydrogens (primary N) is 1. The average molecular weight is 289 g/mol. The fourth-order valence-corrected chi connectivity index (χ4v) is 4.25. The molecule has 0 aliphatic heterocycles. The van der Waals surface area contributed by atoms with E-state index in [1.165, 1.54) is 22.7 Å². The van der Waals surface area contributed by atoms with Crippen molar-refractivity contribution in [2.75, 3.05) is 4.72 Å². The molecule has 0 radical (unpaired) electrons. The average Bonchev–Trinajstić information content (AvgIpc) is 2.86. The second-order valence-corrected chi connectivity index (χ2v) is 7.25. The van der Waals surface area contributed by atoms with Gasteiger partial charge in [0, 0.05) is 27.9 Å². The molecule has 0 spiro atoms. The molecule has 8 heteroatoms. The van der Waals surface area contributed by atoms with E-state index in [2.05, 4.69) is 9.71 Å². The maximum Gasteiger partial charge on any atom is 0.264 e. The number of rotatable bonds is 4. The number of aromatic nitrogens is 1. The van der Waals surface area contributed by atoms with Crippen molar-refractivity contribution in [3.05, 3.63) is 27.4 Å². The summed E-state index contributed by atoms with van der Waals surface area (Å²) in [4.78, 5) is 5.98. The van der Waals surface area contributed by atoms with Crippen LogP contribution in [0.2, 0.25) is 0 Å². The van der Waals surface area contributed by atoms with Gasteiger partial charge in [0.2, 0.25) is 0 Å². The van der Waals surface area contributed by atoms with Gasteiger partial charge in [0.1, 0.15) is 0 Å². The van der Waals surface area contributed by atoms with Crippen LogP contribution in [-0.2, 0) is 16.6 Å². The van der Waals surface area contributed by atoms with Crippen LogP contribution < -0.4 is 10.5 Å². The molecule has 0 saturated heterocycles. The number of thiophene rings is 1. The van der Waals surface area contributed by atoms with E-state index >= 15 is 0 Å². The molecule has 0 aromatic carbocycles. The summed E-state index contributed by atoms with van der Waals surface area (Å²) in [7, 11) is -3.54.